The highest BCUT2D eigenvalue weighted by Gasteiger charge is 2.33. The smallest absolute Gasteiger partial charge is 0.129 e. The number of nitriles is 1. The van der Waals surface area contributed by atoms with E-state index in [1.807, 2.05) is 4.90 Å². The lowest BCUT2D eigenvalue weighted by atomic mass is 9.95. The summed E-state index contributed by atoms with van der Waals surface area (Å²) in [4.78, 5) is 1.95. The normalized spacial score (nSPS) is 18.8. The maximum absolute atomic E-state index is 13.5. The van der Waals surface area contributed by atoms with Crippen LogP contribution < -0.4 is 5.73 Å². The molecule has 1 aromatic carbocycles. The zero-order chi connectivity index (χ0) is 11.5. The van der Waals surface area contributed by atoms with Gasteiger partial charge in [0.15, 0.2) is 0 Å². The van der Waals surface area contributed by atoms with Crippen LogP contribution in [0, 0.1) is 23.1 Å². The lowest BCUT2D eigenvalue weighted by Crippen LogP contribution is -2.51. The Morgan fingerprint density at radius 3 is 2.75 bits per heavy atom. The molecule has 1 aliphatic rings. The Labute approximate surface area is 94.3 Å². The molecule has 0 spiro atoms. The molecule has 0 amide bonds. The highest BCUT2D eigenvalue weighted by molar-refractivity contribution is 5.26. The molecule has 4 heteroatoms. The van der Waals surface area contributed by atoms with E-state index in [9.17, 15) is 4.39 Å². The summed E-state index contributed by atoms with van der Waals surface area (Å²) in [6, 6.07) is 8.11. The van der Waals surface area contributed by atoms with Gasteiger partial charge in [-0.3, -0.25) is 4.90 Å². The minimum atomic E-state index is -0.482. The van der Waals surface area contributed by atoms with Crippen LogP contribution in [-0.2, 0) is 0 Å². The fourth-order valence-electron chi connectivity index (χ4n) is 2.01. The molecule has 2 N–H and O–H groups in total. The van der Waals surface area contributed by atoms with Gasteiger partial charge in [0.25, 0.3) is 0 Å². The zero-order valence-corrected chi connectivity index (χ0v) is 8.94. The van der Waals surface area contributed by atoms with Crippen LogP contribution in [0.15, 0.2) is 24.3 Å². The van der Waals surface area contributed by atoms with Crippen molar-refractivity contribution >= 4 is 0 Å². The summed E-state index contributed by atoms with van der Waals surface area (Å²) < 4.78 is 13.5. The Hall–Kier alpha value is -1.44. The minimum absolute atomic E-state index is 0.315. The molecule has 0 aromatic heterocycles. The van der Waals surface area contributed by atoms with Crippen molar-refractivity contribution in [2.75, 3.05) is 19.6 Å². The summed E-state index contributed by atoms with van der Waals surface area (Å²) in [6.07, 6.45) is 0. The third-order valence-corrected chi connectivity index (χ3v) is 3.01. The molecule has 1 fully saturated rings. The zero-order valence-electron chi connectivity index (χ0n) is 8.94. The van der Waals surface area contributed by atoms with E-state index in [0.29, 0.717) is 18.0 Å². The van der Waals surface area contributed by atoms with Gasteiger partial charge in [-0.05, 0) is 18.5 Å². The summed E-state index contributed by atoms with van der Waals surface area (Å²) in [6.45, 7) is 2.19. The van der Waals surface area contributed by atoms with Crippen molar-refractivity contribution in [3.63, 3.8) is 0 Å². The van der Waals surface area contributed by atoms with Crippen LogP contribution in [0.5, 0.6) is 0 Å². The summed E-state index contributed by atoms with van der Waals surface area (Å²) in [7, 11) is 0. The van der Waals surface area contributed by atoms with Gasteiger partial charge in [-0.1, -0.05) is 18.2 Å². The van der Waals surface area contributed by atoms with Gasteiger partial charge in [0.05, 0.1) is 6.07 Å². The van der Waals surface area contributed by atoms with E-state index in [1.54, 1.807) is 18.2 Å². The van der Waals surface area contributed by atoms with E-state index in [4.69, 9.17) is 11.0 Å². The third-order valence-electron chi connectivity index (χ3n) is 3.01. The average molecular weight is 219 g/mol. The number of rotatable bonds is 3. The number of halogens is 1. The molecule has 16 heavy (non-hydrogen) atoms. The molecule has 3 nitrogen and oxygen atoms in total. The Bertz CT molecular complexity index is 407. The highest BCUT2D eigenvalue weighted by Crippen LogP contribution is 2.29. The van der Waals surface area contributed by atoms with Gasteiger partial charge in [0, 0.05) is 18.7 Å². The lowest BCUT2D eigenvalue weighted by Gasteiger charge is -2.41. The van der Waals surface area contributed by atoms with E-state index in [1.165, 1.54) is 6.07 Å². The quantitative estimate of drug-likeness (QED) is 0.833. The van der Waals surface area contributed by atoms with Crippen LogP contribution in [0.1, 0.15) is 11.6 Å². The van der Waals surface area contributed by atoms with Crippen LogP contribution in [0.2, 0.25) is 0 Å². The van der Waals surface area contributed by atoms with Crippen LogP contribution in [0.4, 0.5) is 4.39 Å². The van der Waals surface area contributed by atoms with Gasteiger partial charge in [-0.25, -0.2) is 4.39 Å². The first kappa shape index (κ1) is 11.1. The van der Waals surface area contributed by atoms with Crippen LogP contribution in [0.25, 0.3) is 0 Å². The second-order valence-corrected chi connectivity index (χ2v) is 4.11. The third kappa shape index (κ3) is 1.92. The SMILES string of the molecule is N#C[C@H](c1ccccc1F)N1CC(CN)C1. The molecule has 0 radical (unpaired) electrons. The number of nitrogens with two attached hydrogens (primary N) is 1. The maximum Gasteiger partial charge on any atom is 0.129 e. The number of hydrogen-bond donors (Lipinski definition) is 1. The first-order valence-corrected chi connectivity index (χ1v) is 5.34. The minimum Gasteiger partial charge on any atom is -0.330 e. The molecule has 84 valence electrons. The molecule has 0 aliphatic carbocycles. The van der Waals surface area contributed by atoms with Crippen molar-refractivity contribution in [1.82, 2.24) is 4.90 Å². The van der Waals surface area contributed by atoms with Gasteiger partial charge in [0.1, 0.15) is 11.9 Å². The Balaban J connectivity index is 2.13. The second kappa shape index (κ2) is 4.60. The van der Waals surface area contributed by atoms with Gasteiger partial charge in [0.2, 0.25) is 0 Å². The van der Waals surface area contributed by atoms with E-state index in [-0.39, 0.29) is 5.82 Å². The summed E-state index contributed by atoms with van der Waals surface area (Å²) in [5, 5.41) is 9.11. The fraction of sp³-hybridized carbons (Fsp3) is 0.417. The standard InChI is InChI=1S/C12H14FN3/c13-11-4-2-1-3-10(11)12(6-15)16-7-9(5-14)8-16/h1-4,9,12H,5,7-8,14H2/t12-/m1/s1. The lowest BCUT2D eigenvalue weighted by molar-refractivity contribution is 0.0784. The Kier molecular flexibility index (Phi) is 3.18. The predicted octanol–water partition coefficient (Wildman–Crippen LogP) is 1.28. The largest absolute Gasteiger partial charge is 0.330 e. The number of nitrogens with zero attached hydrogens (tertiary/aromatic N) is 2. The first-order chi connectivity index (χ1) is 7.76. The molecule has 1 saturated heterocycles. The topological polar surface area (TPSA) is 53.0 Å². The number of benzene rings is 1. The molecular weight excluding hydrogens is 205 g/mol. The van der Waals surface area contributed by atoms with Gasteiger partial charge >= 0.3 is 0 Å². The maximum atomic E-state index is 13.5. The van der Waals surface area contributed by atoms with Crippen LogP contribution in [0.3, 0.4) is 0 Å². The molecular formula is C12H14FN3. The molecule has 1 heterocycles. The number of likely N-dealkylation sites (tertiary alicyclic amines) is 1. The van der Waals surface area contributed by atoms with Crippen LogP contribution in [-0.4, -0.2) is 24.5 Å². The highest BCUT2D eigenvalue weighted by atomic mass is 19.1. The van der Waals surface area contributed by atoms with Crippen molar-refractivity contribution in [1.29, 1.82) is 5.26 Å². The summed E-state index contributed by atoms with van der Waals surface area (Å²) >= 11 is 0. The average Bonchev–Trinajstić information content (AvgIpc) is 2.24. The van der Waals surface area contributed by atoms with E-state index in [2.05, 4.69) is 6.07 Å². The molecule has 1 atom stereocenters. The Morgan fingerprint density at radius 1 is 1.50 bits per heavy atom. The predicted molar refractivity (Wildman–Crippen MR) is 58.9 cm³/mol. The Morgan fingerprint density at radius 2 is 2.19 bits per heavy atom. The monoisotopic (exact) mass is 219 g/mol. The van der Waals surface area contributed by atoms with Gasteiger partial charge in [-0.15, -0.1) is 0 Å². The van der Waals surface area contributed by atoms with Crippen molar-refractivity contribution < 1.29 is 4.39 Å². The van der Waals surface area contributed by atoms with Crippen molar-refractivity contribution in [3.8, 4) is 6.07 Å². The van der Waals surface area contributed by atoms with Gasteiger partial charge in [-0.2, -0.15) is 5.26 Å². The summed E-state index contributed by atoms with van der Waals surface area (Å²) in [5.41, 5.74) is 5.98. The van der Waals surface area contributed by atoms with Crippen molar-refractivity contribution in [2.24, 2.45) is 11.7 Å². The van der Waals surface area contributed by atoms with Crippen molar-refractivity contribution in [2.45, 2.75) is 6.04 Å². The molecule has 0 unspecified atom stereocenters. The number of hydrogen-bond acceptors (Lipinski definition) is 3. The van der Waals surface area contributed by atoms with E-state index in [0.717, 1.165) is 13.1 Å². The summed E-state index contributed by atoms with van der Waals surface area (Å²) in [5.74, 6) is 0.132. The second-order valence-electron chi connectivity index (χ2n) is 4.11. The van der Waals surface area contributed by atoms with Crippen LogP contribution >= 0.6 is 0 Å². The molecule has 1 aromatic rings. The van der Waals surface area contributed by atoms with Gasteiger partial charge < -0.3 is 5.73 Å². The molecule has 1 aliphatic heterocycles. The molecule has 2 rings (SSSR count). The molecule has 0 saturated carbocycles. The fourth-order valence-corrected chi connectivity index (χ4v) is 2.01. The van der Waals surface area contributed by atoms with E-state index >= 15 is 0 Å². The van der Waals surface area contributed by atoms with Crippen molar-refractivity contribution in [3.05, 3.63) is 35.6 Å². The molecule has 0 bridgehead atoms. The first-order valence-electron chi connectivity index (χ1n) is 5.34. The van der Waals surface area contributed by atoms with E-state index < -0.39 is 6.04 Å².